The topological polar surface area (TPSA) is 73.3 Å². The van der Waals surface area contributed by atoms with Gasteiger partial charge in [0.15, 0.2) is 0 Å². The molecule has 0 fully saturated rings. The number of carbonyl (C=O) groups excluding carboxylic acids is 1. The van der Waals surface area contributed by atoms with Crippen LogP contribution in [0.2, 0.25) is 5.02 Å². The second-order valence-corrected chi connectivity index (χ2v) is 7.05. The van der Waals surface area contributed by atoms with Gasteiger partial charge in [0.1, 0.15) is 11.5 Å². The van der Waals surface area contributed by atoms with Crippen LogP contribution in [0, 0.1) is 10.1 Å². The molecular weight excluding hydrogens is 374 g/mol. The molecule has 0 aliphatic carbocycles. The summed E-state index contributed by atoms with van der Waals surface area (Å²) in [7, 11) is 0. The highest BCUT2D eigenvalue weighted by molar-refractivity contribution is 8.04. The van der Waals surface area contributed by atoms with E-state index in [4.69, 9.17) is 16.0 Å². The van der Waals surface area contributed by atoms with Crippen LogP contribution in [-0.2, 0) is 0 Å². The van der Waals surface area contributed by atoms with Crippen LogP contribution in [0.5, 0.6) is 0 Å². The number of Topliss-reactive ketones (excluding diaryl/α,β-unsaturated/α-hetero) is 1. The van der Waals surface area contributed by atoms with Crippen molar-refractivity contribution in [3.05, 3.63) is 86.0 Å². The first-order valence-electron chi connectivity index (χ1n) is 7.60. The smallest absolute Gasteiger partial charge is 0.270 e. The maximum atomic E-state index is 12.4. The van der Waals surface area contributed by atoms with Crippen LogP contribution in [0.3, 0.4) is 0 Å². The van der Waals surface area contributed by atoms with Gasteiger partial charge in [-0.1, -0.05) is 35.5 Å². The van der Waals surface area contributed by atoms with Crippen molar-refractivity contribution in [2.24, 2.45) is 0 Å². The van der Waals surface area contributed by atoms with Gasteiger partial charge >= 0.3 is 0 Å². The summed E-state index contributed by atoms with van der Waals surface area (Å²) >= 11 is 7.54. The number of halogens is 1. The molecule has 0 N–H and O–H groups in total. The lowest BCUT2D eigenvalue weighted by Crippen LogP contribution is -1.93. The van der Waals surface area contributed by atoms with E-state index in [1.807, 2.05) is 18.2 Å². The van der Waals surface area contributed by atoms with Crippen molar-refractivity contribution in [3.63, 3.8) is 0 Å². The van der Waals surface area contributed by atoms with Crippen molar-refractivity contribution >= 4 is 40.9 Å². The number of benzene rings is 2. The first-order valence-corrected chi connectivity index (χ1v) is 8.80. The summed E-state index contributed by atoms with van der Waals surface area (Å²) in [4.78, 5) is 24.2. The Bertz CT molecular complexity index is 1090. The Morgan fingerprint density at radius 3 is 2.62 bits per heavy atom. The van der Waals surface area contributed by atoms with E-state index in [-0.39, 0.29) is 16.5 Å². The van der Waals surface area contributed by atoms with Crippen LogP contribution in [0.1, 0.15) is 16.1 Å². The summed E-state index contributed by atoms with van der Waals surface area (Å²) in [6, 6.07) is 15.1. The maximum absolute atomic E-state index is 12.4. The molecule has 7 heteroatoms. The van der Waals surface area contributed by atoms with E-state index in [1.54, 1.807) is 30.3 Å². The van der Waals surface area contributed by atoms with E-state index in [0.717, 1.165) is 4.90 Å². The first-order chi connectivity index (χ1) is 12.5. The van der Waals surface area contributed by atoms with E-state index >= 15 is 0 Å². The second kappa shape index (κ2) is 6.48. The summed E-state index contributed by atoms with van der Waals surface area (Å²) in [5.41, 5.74) is 1.16. The number of hydrogen-bond donors (Lipinski definition) is 0. The van der Waals surface area contributed by atoms with E-state index < -0.39 is 4.92 Å². The fraction of sp³-hybridized carbons (Fsp3) is 0. The van der Waals surface area contributed by atoms with E-state index in [2.05, 4.69) is 0 Å². The number of nitrogens with zero attached hydrogens (tertiary/aromatic N) is 1. The highest BCUT2D eigenvalue weighted by Gasteiger charge is 2.25. The number of furan rings is 1. The van der Waals surface area contributed by atoms with Crippen LogP contribution in [0.4, 0.5) is 5.69 Å². The molecule has 4 rings (SSSR count). The van der Waals surface area contributed by atoms with Gasteiger partial charge in [0.2, 0.25) is 5.78 Å². The van der Waals surface area contributed by atoms with Crippen molar-refractivity contribution in [3.8, 4) is 11.3 Å². The van der Waals surface area contributed by atoms with Gasteiger partial charge < -0.3 is 4.42 Å². The Hall–Kier alpha value is -2.83. The van der Waals surface area contributed by atoms with Gasteiger partial charge in [0, 0.05) is 28.2 Å². The Kier molecular flexibility index (Phi) is 4.14. The number of hydrogen-bond acceptors (Lipinski definition) is 5. The molecule has 1 aliphatic rings. The third kappa shape index (κ3) is 2.94. The zero-order valence-corrected chi connectivity index (χ0v) is 14.7. The number of fused-ring (bicyclic) bond motifs is 1. The molecule has 2 heterocycles. The van der Waals surface area contributed by atoms with Crippen molar-refractivity contribution < 1.29 is 14.1 Å². The molecule has 5 nitrogen and oxygen atoms in total. The average molecular weight is 384 g/mol. The molecule has 0 unspecified atom stereocenters. The minimum atomic E-state index is -0.506. The highest BCUT2D eigenvalue weighted by Crippen LogP contribution is 2.41. The number of nitro benzene ring substituents is 1. The molecule has 0 atom stereocenters. The Morgan fingerprint density at radius 2 is 1.88 bits per heavy atom. The van der Waals surface area contributed by atoms with Gasteiger partial charge in [-0.25, -0.2) is 0 Å². The van der Waals surface area contributed by atoms with E-state index in [0.29, 0.717) is 27.6 Å². The minimum Gasteiger partial charge on any atom is -0.457 e. The van der Waals surface area contributed by atoms with Crippen molar-refractivity contribution in [2.45, 2.75) is 4.90 Å². The van der Waals surface area contributed by atoms with Crippen LogP contribution < -0.4 is 0 Å². The molecule has 0 saturated carbocycles. The van der Waals surface area contributed by atoms with Gasteiger partial charge in [-0.15, -0.1) is 0 Å². The summed E-state index contributed by atoms with van der Waals surface area (Å²) in [5, 5.41) is 11.0. The van der Waals surface area contributed by atoms with Crippen LogP contribution in [0.25, 0.3) is 17.4 Å². The van der Waals surface area contributed by atoms with Gasteiger partial charge in [-0.3, -0.25) is 14.9 Å². The van der Waals surface area contributed by atoms with Gasteiger partial charge in [-0.05, 0) is 36.4 Å². The van der Waals surface area contributed by atoms with Crippen LogP contribution >= 0.6 is 23.4 Å². The predicted octanol–water partition coefficient (Wildman–Crippen LogP) is 5.84. The molecular formula is C19H10ClNO4S. The van der Waals surface area contributed by atoms with Crippen LogP contribution in [-0.4, -0.2) is 10.7 Å². The number of carbonyl (C=O) groups is 1. The summed E-state index contributed by atoms with van der Waals surface area (Å²) < 4.78 is 5.76. The monoisotopic (exact) mass is 383 g/mol. The number of allylic oxidation sites excluding steroid dienone is 1. The lowest BCUT2D eigenvalue weighted by atomic mass is 10.1. The zero-order chi connectivity index (χ0) is 18.3. The molecule has 0 amide bonds. The Labute approximate surface area is 157 Å². The standard InChI is InChI=1S/C19H10ClNO4S/c20-15-9-11(21(23)24)5-7-13(15)16-8-6-12(25-16)10-18-19(22)14-3-1-2-4-17(14)26-18/h1-10H. The molecule has 3 aromatic rings. The molecule has 0 bridgehead atoms. The molecule has 0 radical (unpaired) electrons. The minimum absolute atomic E-state index is 0.0306. The fourth-order valence-corrected chi connectivity index (χ4v) is 3.96. The fourth-order valence-electron chi connectivity index (χ4n) is 2.66. The average Bonchev–Trinajstić information content (AvgIpc) is 3.21. The van der Waals surface area contributed by atoms with Crippen molar-refractivity contribution in [1.82, 2.24) is 0 Å². The third-order valence-electron chi connectivity index (χ3n) is 3.90. The van der Waals surface area contributed by atoms with Crippen LogP contribution in [0.15, 0.2) is 68.8 Å². The Balaban J connectivity index is 1.64. The molecule has 2 aromatic carbocycles. The van der Waals surface area contributed by atoms with Gasteiger partial charge in [0.05, 0.1) is 14.9 Å². The number of rotatable bonds is 3. The summed E-state index contributed by atoms with van der Waals surface area (Å²) in [5.74, 6) is 0.958. The predicted molar refractivity (Wildman–Crippen MR) is 100 cm³/mol. The highest BCUT2D eigenvalue weighted by atomic mass is 35.5. The van der Waals surface area contributed by atoms with Crippen molar-refractivity contribution in [2.75, 3.05) is 0 Å². The largest absolute Gasteiger partial charge is 0.457 e. The number of thioether (sulfide) groups is 1. The first kappa shape index (κ1) is 16.6. The summed E-state index contributed by atoms with van der Waals surface area (Å²) in [6.45, 7) is 0. The second-order valence-electron chi connectivity index (χ2n) is 5.56. The zero-order valence-electron chi connectivity index (χ0n) is 13.1. The summed E-state index contributed by atoms with van der Waals surface area (Å²) in [6.07, 6.45) is 1.69. The maximum Gasteiger partial charge on any atom is 0.270 e. The number of non-ortho nitro benzene ring substituents is 1. The quantitative estimate of drug-likeness (QED) is 0.323. The Morgan fingerprint density at radius 1 is 1.08 bits per heavy atom. The molecule has 128 valence electrons. The lowest BCUT2D eigenvalue weighted by molar-refractivity contribution is -0.384. The molecule has 0 saturated heterocycles. The number of nitro groups is 1. The lowest BCUT2D eigenvalue weighted by Gasteiger charge is -2.00. The van der Waals surface area contributed by atoms with Gasteiger partial charge in [-0.2, -0.15) is 0 Å². The molecule has 26 heavy (non-hydrogen) atoms. The van der Waals surface area contributed by atoms with E-state index in [9.17, 15) is 14.9 Å². The van der Waals surface area contributed by atoms with E-state index in [1.165, 1.54) is 23.9 Å². The normalized spacial score (nSPS) is 14.7. The molecule has 0 spiro atoms. The van der Waals surface area contributed by atoms with Crippen molar-refractivity contribution in [1.29, 1.82) is 0 Å². The van der Waals surface area contributed by atoms with Gasteiger partial charge in [0.25, 0.3) is 5.69 Å². The molecule has 1 aliphatic heterocycles. The third-order valence-corrected chi connectivity index (χ3v) is 5.32. The number of ketones is 1. The SMILES string of the molecule is O=C1C(=Cc2ccc(-c3ccc([N+](=O)[O-])cc3Cl)o2)Sc2ccccc21. The molecule has 1 aromatic heterocycles.